The Kier molecular flexibility index (Phi) is 6.52. The van der Waals surface area contributed by atoms with Gasteiger partial charge < -0.3 is 15.2 Å². The number of aryl methyl sites for hydroxylation is 2. The fraction of sp³-hybridized carbons (Fsp3) is 0.480. The number of aromatic nitrogens is 2. The Labute approximate surface area is 180 Å². The number of nitrogens with zero attached hydrogens (tertiary/aromatic N) is 3. The molecule has 1 fully saturated rings. The van der Waals surface area contributed by atoms with Crippen molar-refractivity contribution in [2.45, 2.75) is 47.3 Å². The lowest BCUT2D eigenvalue weighted by Gasteiger charge is -2.34. The van der Waals surface area contributed by atoms with Gasteiger partial charge in [-0.05, 0) is 61.7 Å². The summed E-state index contributed by atoms with van der Waals surface area (Å²) in [5.74, 6) is 0.995. The second-order valence-electron chi connectivity index (χ2n) is 8.73. The third kappa shape index (κ3) is 4.91. The van der Waals surface area contributed by atoms with Crippen molar-refractivity contribution in [3.05, 3.63) is 64.0 Å². The topological polar surface area (TPSA) is 47.2 Å². The van der Waals surface area contributed by atoms with E-state index in [-0.39, 0.29) is 0 Å². The molecule has 0 bridgehead atoms. The molecule has 1 aliphatic rings. The molecule has 2 heterocycles. The van der Waals surface area contributed by atoms with E-state index in [2.05, 4.69) is 78.1 Å². The second-order valence-corrected chi connectivity index (χ2v) is 8.73. The molecule has 1 aromatic heterocycles. The van der Waals surface area contributed by atoms with Gasteiger partial charge in [-0.3, -0.25) is 4.90 Å². The molecule has 0 atom stereocenters. The number of H-pyrrole nitrogens is 1. The number of hydrogen-bond acceptors (Lipinski definition) is 4. The smallest absolute Gasteiger partial charge is 0.121 e. The number of nitrogens with one attached hydrogen (secondary N) is 2. The number of aromatic amines is 1. The fourth-order valence-corrected chi connectivity index (χ4v) is 4.44. The Morgan fingerprint density at radius 1 is 0.900 bits per heavy atom. The maximum Gasteiger partial charge on any atom is 0.121 e. The molecule has 5 heteroatoms. The molecule has 0 saturated carbocycles. The minimum absolute atomic E-state index is 0.745. The Morgan fingerprint density at radius 2 is 1.63 bits per heavy atom. The maximum absolute atomic E-state index is 4.70. The van der Waals surface area contributed by atoms with Crippen molar-refractivity contribution < 1.29 is 0 Å². The van der Waals surface area contributed by atoms with Gasteiger partial charge >= 0.3 is 0 Å². The third-order valence-electron chi connectivity index (χ3n) is 6.37. The number of likely N-dealkylation sites (N-methyl/N-ethyl adjacent to an activating group) is 1. The van der Waals surface area contributed by atoms with E-state index in [4.69, 9.17) is 4.98 Å². The van der Waals surface area contributed by atoms with Crippen LogP contribution in [0.5, 0.6) is 0 Å². The van der Waals surface area contributed by atoms with Crippen LogP contribution < -0.4 is 5.32 Å². The van der Waals surface area contributed by atoms with Crippen molar-refractivity contribution in [2.75, 3.05) is 32.7 Å². The first-order valence-electron chi connectivity index (χ1n) is 11.2. The summed E-state index contributed by atoms with van der Waals surface area (Å²) in [7, 11) is 0. The molecule has 1 saturated heterocycles. The van der Waals surface area contributed by atoms with Crippen LogP contribution in [0.3, 0.4) is 0 Å². The van der Waals surface area contributed by atoms with Crippen molar-refractivity contribution in [1.82, 2.24) is 25.1 Å². The summed E-state index contributed by atoms with van der Waals surface area (Å²) < 4.78 is 0. The van der Waals surface area contributed by atoms with Crippen molar-refractivity contribution >= 4 is 11.0 Å². The lowest BCUT2D eigenvalue weighted by Crippen LogP contribution is -2.45. The minimum Gasteiger partial charge on any atom is -0.341 e. The molecular formula is C25H35N5. The molecule has 0 radical (unpaired) electrons. The first-order valence-corrected chi connectivity index (χ1v) is 11.2. The zero-order valence-corrected chi connectivity index (χ0v) is 18.9. The van der Waals surface area contributed by atoms with Gasteiger partial charge in [0.25, 0.3) is 0 Å². The highest BCUT2D eigenvalue weighted by molar-refractivity contribution is 5.75. The van der Waals surface area contributed by atoms with Gasteiger partial charge in [0.15, 0.2) is 0 Å². The highest BCUT2D eigenvalue weighted by Crippen LogP contribution is 2.20. The van der Waals surface area contributed by atoms with Gasteiger partial charge in [0.1, 0.15) is 5.82 Å². The Bertz CT molecular complexity index is 998. The average Bonchev–Trinajstić information content (AvgIpc) is 3.13. The van der Waals surface area contributed by atoms with Gasteiger partial charge in [-0.15, -0.1) is 0 Å². The molecule has 160 valence electrons. The van der Waals surface area contributed by atoms with Crippen molar-refractivity contribution in [3.63, 3.8) is 0 Å². The summed E-state index contributed by atoms with van der Waals surface area (Å²) >= 11 is 0. The number of imidazole rings is 1. The highest BCUT2D eigenvalue weighted by Gasteiger charge is 2.17. The first-order chi connectivity index (χ1) is 14.5. The number of piperazine rings is 1. The first kappa shape index (κ1) is 21.0. The molecule has 30 heavy (non-hydrogen) atoms. The quantitative estimate of drug-likeness (QED) is 0.626. The zero-order valence-electron chi connectivity index (χ0n) is 18.9. The van der Waals surface area contributed by atoms with Crippen LogP contribution in [0.25, 0.3) is 11.0 Å². The number of rotatable bonds is 7. The Hall–Kier alpha value is -2.21. The molecule has 0 amide bonds. The summed E-state index contributed by atoms with van der Waals surface area (Å²) in [6.07, 6.45) is 0. The summed E-state index contributed by atoms with van der Waals surface area (Å²) in [4.78, 5) is 13.3. The predicted molar refractivity (Wildman–Crippen MR) is 125 cm³/mol. The van der Waals surface area contributed by atoms with Crippen molar-refractivity contribution in [3.8, 4) is 0 Å². The van der Waals surface area contributed by atoms with Crippen molar-refractivity contribution in [2.24, 2.45) is 0 Å². The van der Waals surface area contributed by atoms with E-state index in [0.717, 1.165) is 43.0 Å². The van der Waals surface area contributed by atoms with Gasteiger partial charge in [0, 0.05) is 39.3 Å². The Balaban J connectivity index is 1.38. The van der Waals surface area contributed by atoms with Gasteiger partial charge in [-0.25, -0.2) is 4.98 Å². The van der Waals surface area contributed by atoms with E-state index >= 15 is 0 Å². The van der Waals surface area contributed by atoms with E-state index in [1.807, 2.05) is 0 Å². The predicted octanol–water partition coefficient (Wildman–Crippen LogP) is 3.92. The molecule has 3 aromatic rings. The van der Waals surface area contributed by atoms with Crippen LogP contribution in [0.1, 0.15) is 40.6 Å². The third-order valence-corrected chi connectivity index (χ3v) is 6.37. The molecule has 2 N–H and O–H groups in total. The molecule has 1 aliphatic heterocycles. The zero-order chi connectivity index (χ0) is 21.1. The lowest BCUT2D eigenvalue weighted by atomic mass is 9.98. The fourth-order valence-electron chi connectivity index (χ4n) is 4.44. The van der Waals surface area contributed by atoms with Gasteiger partial charge in [-0.2, -0.15) is 0 Å². The van der Waals surface area contributed by atoms with E-state index in [0.29, 0.717) is 0 Å². The van der Waals surface area contributed by atoms with E-state index in [1.165, 1.54) is 54.0 Å². The molecule has 0 aliphatic carbocycles. The summed E-state index contributed by atoms with van der Waals surface area (Å²) in [6.45, 7) is 17.4. The minimum atomic E-state index is 0.745. The van der Waals surface area contributed by atoms with E-state index in [1.54, 1.807) is 0 Å². The highest BCUT2D eigenvalue weighted by atomic mass is 15.3. The molecule has 5 nitrogen and oxygen atoms in total. The summed E-state index contributed by atoms with van der Waals surface area (Å²) in [6, 6.07) is 11.0. The molecule has 0 unspecified atom stereocenters. The van der Waals surface area contributed by atoms with E-state index < -0.39 is 0 Å². The lowest BCUT2D eigenvalue weighted by molar-refractivity contribution is 0.131. The van der Waals surface area contributed by atoms with Crippen LogP contribution in [-0.4, -0.2) is 52.5 Å². The molecule has 2 aromatic carbocycles. The summed E-state index contributed by atoms with van der Waals surface area (Å²) in [5.41, 5.74) is 9.04. The number of hydrogen-bond donors (Lipinski definition) is 2. The van der Waals surface area contributed by atoms with Crippen LogP contribution in [0.2, 0.25) is 0 Å². The van der Waals surface area contributed by atoms with Crippen molar-refractivity contribution in [1.29, 1.82) is 0 Å². The van der Waals surface area contributed by atoms with Crippen LogP contribution in [0.15, 0.2) is 30.3 Å². The van der Waals surface area contributed by atoms with Gasteiger partial charge in [0.05, 0.1) is 17.6 Å². The van der Waals surface area contributed by atoms with Gasteiger partial charge in [-0.1, -0.05) is 30.7 Å². The molecule has 0 spiro atoms. The van der Waals surface area contributed by atoms with Crippen LogP contribution in [0, 0.1) is 20.8 Å². The molecular weight excluding hydrogens is 370 g/mol. The normalized spacial score (nSPS) is 15.9. The Morgan fingerprint density at radius 3 is 2.40 bits per heavy atom. The number of benzene rings is 2. The number of fused-ring (bicyclic) bond motifs is 1. The average molecular weight is 406 g/mol. The molecule has 4 rings (SSSR count). The monoisotopic (exact) mass is 405 g/mol. The largest absolute Gasteiger partial charge is 0.341 e. The maximum atomic E-state index is 4.70. The standard InChI is InChI=1S/C25H35N5/c1-5-29-8-10-30(11-9-29)17-22-13-19(3)12-21(20(22)4)15-26-16-25-27-23-7-6-18(2)14-24(23)28-25/h6-7,12-14,26H,5,8-11,15-17H2,1-4H3,(H,27,28). The van der Waals surface area contributed by atoms with Crippen LogP contribution in [0.4, 0.5) is 0 Å². The van der Waals surface area contributed by atoms with Crippen LogP contribution in [-0.2, 0) is 19.6 Å². The summed E-state index contributed by atoms with van der Waals surface area (Å²) in [5, 5.41) is 3.59. The van der Waals surface area contributed by atoms with Crippen LogP contribution >= 0.6 is 0 Å². The van der Waals surface area contributed by atoms with Gasteiger partial charge in [0.2, 0.25) is 0 Å². The SMILES string of the molecule is CCN1CCN(Cc2cc(C)cc(CNCc3nc4ccc(C)cc4[nH]3)c2C)CC1. The second kappa shape index (κ2) is 9.29. The van der Waals surface area contributed by atoms with E-state index in [9.17, 15) is 0 Å².